The summed E-state index contributed by atoms with van der Waals surface area (Å²) in [4.78, 5) is 0. The van der Waals surface area contributed by atoms with E-state index in [-0.39, 0.29) is 0 Å². The average Bonchev–Trinajstić information content (AvgIpc) is 2.42. The highest BCUT2D eigenvalue weighted by atomic mass is 16.5. The summed E-state index contributed by atoms with van der Waals surface area (Å²) in [5.41, 5.74) is 5.66. The molecule has 4 bridgehead atoms. The molecule has 0 amide bonds. The van der Waals surface area contributed by atoms with Crippen molar-refractivity contribution >= 4 is 0 Å². The number of hydrogen-bond acceptors (Lipinski definition) is 1. The maximum absolute atomic E-state index is 5.39. The maximum Gasteiger partial charge on any atom is 0.119 e. The molecule has 1 heteroatoms. The number of aryl methyl sites for hydroxylation is 4. The fraction of sp³-hybridized carbons (Fsp3) is 0.294. The number of rotatable bonds is 1. The molecule has 0 aliphatic heterocycles. The molecule has 2 aromatic carbocycles. The summed E-state index contributed by atoms with van der Waals surface area (Å²) in [7, 11) is 1.75. The third kappa shape index (κ3) is 2.40. The van der Waals surface area contributed by atoms with Crippen LogP contribution in [-0.2, 0) is 25.7 Å². The van der Waals surface area contributed by atoms with Gasteiger partial charge in [0.1, 0.15) is 5.75 Å². The zero-order valence-corrected chi connectivity index (χ0v) is 10.8. The Bertz CT molecular complexity index is 516. The topological polar surface area (TPSA) is 9.23 Å². The Labute approximate surface area is 108 Å². The monoisotopic (exact) mass is 238 g/mol. The Hall–Kier alpha value is -1.76. The van der Waals surface area contributed by atoms with Crippen molar-refractivity contribution in [1.29, 1.82) is 0 Å². The predicted molar refractivity (Wildman–Crippen MR) is 74.3 cm³/mol. The Morgan fingerprint density at radius 1 is 0.722 bits per heavy atom. The second-order valence-corrected chi connectivity index (χ2v) is 5.01. The van der Waals surface area contributed by atoms with Gasteiger partial charge in [-0.1, -0.05) is 30.3 Å². The number of ether oxygens (including phenoxy) is 1. The van der Waals surface area contributed by atoms with Crippen molar-refractivity contribution in [3.63, 3.8) is 0 Å². The van der Waals surface area contributed by atoms with E-state index in [2.05, 4.69) is 42.5 Å². The normalized spacial score (nSPS) is 14.1. The Balaban J connectivity index is 1.97. The Morgan fingerprint density at radius 3 is 1.78 bits per heavy atom. The summed E-state index contributed by atoms with van der Waals surface area (Å²) in [6.07, 6.45) is 4.40. The Morgan fingerprint density at radius 2 is 1.22 bits per heavy atom. The molecule has 92 valence electrons. The van der Waals surface area contributed by atoms with Crippen molar-refractivity contribution in [1.82, 2.24) is 0 Å². The van der Waals surface area contributed by atoms with E-state index in [1.807, 2.05) is 0 Å². The summed E-state index contributed by atoms with van der Waals surface area (Å²) < 4.78 is 5.39. The van der Waals surface area contributed by atoms with E-state index in [0.29, 0.717) is 0 Å². The second kappa shape index (κ2) is 4.85. The van der Waals surface area contributed by atoms with Gasteiger partial charge in [0.2, 0.25) is 0 Å². The van der Waals surface area contributed by atoms with Crippen LogP contribution in [0.3, 0.4) is 0 Å². The molecule has 0 N–H and O–H groups in total. The number of benzene rings is 2. The van der Waals surface area contributed by atoms with Crippen LogP contribution in [-0.4, -0.2) is 7.11 Å². The first kappa shape index (κ1) is 11.3. The standard InChI is InChI=1S/C17H18O/c1-18-17-11-15-7-5-13-3-2-4-14(9-13)6-8-16(10-15)12-17/h2-4,9-12H,5-8H2,1H3. The van der Waals surface area contributed by atoms with Gasteiger partial charge in [0.05, 0.1) is 7.11 Å². The first-order chi connectivity index (χ1) is 8.83. The third-order valence-electron chi connectivity index (χ3n) is 3.66. The summed E-state index contributed by atoms with van der Waals surface area (Å²) in [6, 6.07) is 15.6. The van der Waals surface area contributed by atoms with E-state index >= 15 is 0 Å². The zero-order valence-electron chi connectivity index (χ0n) is 10.8. The lowest BCUT2D eigenvalue weighted by atomic mass is 9.95. The van der Waals surface area contributed by atoms with E-state index in [1.165, 1.54) is 22.3 Å². The van der Waals surface area contributed by atoms with Gasteiger partial charge in [-0.2, -0.15) is 0 Å². The number of fused-ring (bicyclic) bond motifs is 4. The molecule has 18 heavy (non-hydrogen) atoms. The number of hydrogen-bond donors (Lipinski definition) is 0. The lowest BCUT2D eigenvalue weighted by Crippen LogP contribution is -2.00. The average molecular weight is 238 g/mol. The van der Waals surface area contributed by atoms with Gasteiger partial charge in [-0.3, -0.25) is 0 Å². The smallest absolute Gasteiger partial charge is 0.119 e. The second-order valence-electron chi connectivity index (χ2n) is 5.01. The van der Waals surface area contributed by atoms with E-state index < -0.39 is 0 Å². The van der Waals surface area contributed by atoms with Gasteiger partial charge in [-0.25, -0.2) is 0 Å². The minimum atomic E-state index is 0.992. The molecule has 0 aromatic heterocycles. The highest BCUT2D eigenvalue weighted by molar-refractivity contribution is 5.37. The van der Waals surface area contributed by atoms with Crippen molar-refractivity contribution in [2.24, 2.45) is 0 Å². The van der Waals surface area contributed by atoms with Gasteiger partial charge in [0, 0.05) is 0 Å². The zero-order chi connectivity index (χ0) is 12.4. The van der Waals surface area contributed by atoms with Crippen molar-refractivity contribution in [3.05, 3.63) is 64.7 Å². The van der Waals surface area contributed by atoms with E-state index in [1.54, 1.807) is 7.11 Å². The molecule has 0 fully saturated rings. The van der Waals surface area contributed by atoms with Gasteiger partial charge in [0.15, 0.2) is 0 Å². The van der Waals surface area contributed by atoms with Crippen LogP contribution in [0.25, 0.3) is 0 Å². The minimum absolute atomic E-state index is 0.992. The SMILES string of the molecule is COc1cc2cc(c1)CCc1cccc(c1)CC2. The molecule has 0 radical (unpaired) electrons. The van der Waals surface area contributed by atoms with Crippen LogP contribution in [0.4, 0.5) is 0 Å². The minimum Gasteiger partial charge on any atom is -0.497 e. The van der Waals surface area contributed by atoms with Crippen molar-refractivity contribution in [2.45, 2.75) is 25.7 Å². The molecule has 1 aliphatic rings. The van der Waals surface area contributed by atoms with Gasteiger partial charge < -0.3 is 4.74 Å². The van der Waals surface area contributed by atoms with Crippen molar-refractivity contribution < 1.29 is 4.74 Å². The summed E-state index contributed by atoms with van der Waals surface area (Å²) in [5.74, 6) is 0.992. The highest BCUT2D eigenvalue weighted by Gasteiger charge is 2.06. The molecular formula is C17H18O. The predicted octanol–water partition coefficient (Wildman–Crippen LogP) is 3.58. The molecule has 0 unspecified atom stereocenters. The van der Waals surface area contributed by atoms with Crippen LogP contribution in [0.15, 0.2) is 42.5 Å². The van der Waals surface area contributed by atoms with Gasteiger partial charge in [0.25, 0.3) is 0 Å². The van der Waals surface area contributed by atoms with Gasteiger partial charge in [-0.15, -0.1) is 0 Å². The fourth-order valence-corrected chi connectivity index (χ4v) is 2.65. The van der Waals surface area contributed by atoms with Gasteiger partial charge in [-0.05, 0) is 60.1 Å². The summed E-state index contributed by atoms with van der Waals surface area (Å²) >= 11 is 0. The first-order valence-corrected chi connectivity index (χ1v) is 6.58. The molecule has 0 heterocycles. The van der Waals surface area contributed by atoms with E-state index in [9.17, 15) is 0 Å². The first-order valence-electron chi connectivity index (χ1n) is 6.58. The van der Waals surface area contributed by atoms with E-state index in [0.717, 1.165) is 31.4 Å². The highest BCUT2D eigenvalue weighted by Crippen LogP contribution is 2.22. The van der Waals surface area contributed by atoms with Crippen LogP contribution < -0.4 is 4.74 Å². The van der Waals surface area contributed by atoms with Crippen LogP contribution in [0.1, 0.15) is 22.3 Å². The lowest BCUT2D eigenvalue weighted by molar-refractivity contribution is 0.413. The molecule has 1 aliphatic carbocycles. The lowest BCUT2D eigenvalue weighted by Gasteiger charge is -2.12. The van der Waals surface area contributed by atoms with Crippen molar-refractivity contribution in [3.8, 4) is 5.75 Å². The molecule has 0 saturated carbocycles. The summed E-state index contributed by atoms with van der Waals surface area (Å²) in [5, 5.41) is 0. The molecular weight excluding hydrogens is 220 g/mol. The largest absolute Gasteiger partial charge is 0.497 e. The van der Waals surface area contributed by atoms with Crippen LogP contribution >= 0.6 is 0 Å². The molecule has 0 spiro atoms. The molecule has 0 saturated heterocycles. The van der Waals surface area contributed by atoms with E-state index in [4.69, 9.17) is 4.74 Å². The molecule has 0 atom stereocenters. The van der Waals surface area contributed by atoms with Crippen LogP contribution in [0.2, 0.25) is 0 Å². The van der Waals surface area contributed by atoms with Crippen molar-refractivity contribution in [2.75, 3.05) is 7.11 Å². The summed E-state index contributed by atoms with van der Waals surface area (Å²) in [6.45, 7) is 0. The molecule has 2 aromatic rings. The number of methoxy groups -OCH3 is 1. The fourth-order valence-electron chi connectivity index (χ4n) is 2.65. The molecule has 1 nitrogen and oxygen atoms in total. The van der Waals surface area contributed by atoms with Crippen LogP contribution in [0.5, 0.6) is 5.75 Å². The van der Waals surface area contributed by atoms with Gasteiger partial charge >= 0.3 is 0 Å². The van der Waals surface area contributed by atoms with Crippen LogP contribution in [0, 0.1) is 0 Å². The maximum atomic E-state index is 5.39. The quantitative estimate of drug-likeness (QED) is 0.738. The third-order valence-corrected chi connectivity index (χ3v) is 3.66. The Kier molecular flexibility index (Phi) is 3.06. The molecule has 3 rings (SSSR count).